The maximum Gasteiger partial charge on any atom is 0.278 e. The van der Waals surface area contributed by atoms with Crippen LogP contribution in [0.25, 0.3) is 0 Å². The van der Waals surface area contributed by atoms with E-state index in [4.69, 9.17) is 0 Å². The molecule has 2 aromatic rings. The molecule has 1 aromatic heterocycles. The Labute approximate surface area is 120 Å². The summed E-state index contributed by atoms with van der Waals surface area (Å²) in [5.74, 6) is 0. The summed E-state index contributed by atoms with van der Waals surface area (Å²) in [4.78, 5) is 0. The van der Waals surface area contributed by atoms with E-state index >= 15 is 0 Å². The van der Waals surface area contributed by atoms with Crippen LogP contribution in [-0.4, -0.2) is 23.9 Å². The topological polar surface area (TPSA) is 74.8 Å². The molecule has 7 heteroatoms. The van der Waals surface area contributed by atoms with Gasteiger partial charge in [-0.3, -0.25) is 9.82 Å². The van der Waals surface area contributed by atoms with Crippen LogP contribution in [0.5, 0.6) is 0 Å². The van der Waals surface area contributed by atoms with Crippen LogP contribution >= 0.6 is 15.9 Å². The molecule has 0 saturated carbocycles. The van der Waals surface area contributed by atoms with Crippen molar-refractivity contribution in [1.29, 1.82) is 0 Å². The number of benzene rings is 1. The average molecular weight is 344 g/mol. The smallest absolute Gasteiger partial charge is 0.278 e. The van der Waals surface area contributed by atoms with E-state index in [9.17, 15) is 8.42 Å². The third kappa shape index (κ3) is 3.81. The number of rotatable bonds is 6. The van der Waals surface area contributed by atoms with Crippen LogP contribution in [0.4, 0.5) is 5.69 Å². The first-order valence-electron chi connectivity index (χ1n) is 5.79. The van der Waals surface area contributed by atoms with E-state index in [1.807, 2.05) is 18.2 Å². The lowest BCUT2D eigenvalue weighted by Crippen LogP contribution is -2.13. The predicted octanol–water partition coefficient (Wildman–Crippen LogP) is 2.54. The maximum absolute atomic E-state index is 12.0. The van der Waals surface area contributed by atoms with Gasteiger partial charge in [-0.1, -0.05) is 28.1 Å². The molecule has 0 amide bonds. The van der Waals surface area contributed by atoms with Crippen molar-refractivity contribution in [2.45, 2.75) is 17.9 Å². The molecule has 0 radical (unpaired) electrons. The van der Waals surface area contributed by atoms with Gasteiger partial charge in [0.2, 0.25) is 0 Å². The molecule has 0 saturated heterocycles. The molecule has 1 heterocycles. The zero-order chi connectivity index (χ0) is 13.7. The molecule has 0 spiro atoms. The molecule has 102 valence electrons. The Hall–Kier alpha value is -1.34. The molecule has 0 aliphatic carbocycles. The molecule has 0 aliphatic rings. The minimum absolute atomic E-state index is 0.0540. The zero-order valence-electron chi connectivity index (χ0n) is 10.1. The minimum Gasteiger partial charge on any atom is -0.278 e. The summed E-state index contributed by atoms with van der Waals surface area (Å²) in [5.41, 5.74) is 1.66. The van der Waals surface area contributed by atoms with E-state index in [0.29, 0.717) is 5.69 Å². The lowest BCUT2D eigenvalue weighted by Gasteiger charge is -2.07. The van der Waals surface area contributed by atoms with E-state index in [0.717, 1.165) is 23.7 Å². The van der Waals surface area contributed by atoms with Gasteiger partial charge < -0.3 is 0 Å². The average Bonchev–Trinajstić information content (AvgIpc) is 2.91. The van der Waals surface area contributed by atoms with Crippen LogP contribution < -0.4 is 4.72 Å². The number of nitrogens with one attached hydrogen (secondary N) is 2. The largest absolute Gasteiger partial charge is 0.278 e. The number of aromatic amines is 1. The van der Waals surface area contributed by atoms with Crippen molar-refractivity contribution < 1.29 is 8.42 Å². The molecule has 0 unspecified atom stereocenters. The molecule has 1 aromatic carbocycles. The lowest BCUT2D eigenvalue weighted by atomic mass is 10.1. The molecule has 0 aliphatic heterocycles. The molecule has 0 fully saturated rings. The number of aryl methyl sites for hydroxylation is 1. The Morgan fingerprint density at radius 1 is 1.32 bits per heavy atom. The Bertz CT molecular complexity index is 626. The second-order valence-corrected chi connectivity index (χ2v) is 6.46. The highest BCUT2D eigenvalue weighted by Crippen LogP contribution is 2.16. The molecular formula is C12H14BrN3O2S. The predicted molar refractivity (Wildman–Crippen MR) is 78.0 cm³/mol. The number of hydrogen-bond donors (Lipinski definition) is 2. The quantitative estimate of drug-likeness (QED) is 0.791. The number of sulfonamides is 1. The fourth-order valence-corrected chi connectivity index (χ4v) is 2.90. The zero-order valence-corrected chi connectivity index (χ0v) is 12.5. The number of hydrogen-bond acceptors (Lipinski definition) is 3. The Morgan fingerprint density at radius 2 is 2.16 bits per heavy atom. The summed E-state index contributed by atoms with van der Waals surface area (Å²) < 4.78 is 26.5. The summed E-state index contributed by atoms with van der Waals surface area (Å²) in [5, 5.41) is 7.06. The van der Waals surface area contributed by atoms with Gasteiger partial charge in [-0.15, -0.1) is 0 Å². The van der Waals surface area contributed by atoms with Crippen molar-refractivity contribution in [2.24, 2.45) is 0 Å². The van der Waals surface area contributed by atoms with E-state index in [2.05, 4.69) is 30.8 Å². The van der Waals surface area contributed by atoms with Crippen molar-refractivity contribution in [3.63, 3.8) is 0 Å². The number of alkyl halides is 1. The second kappa shape index (κ2) is 6.21. The number of H-pyrrole nitrogens is 1. The van der Waals surface area contributed by atoms with Gasteiger partial charge in [0, 0.05) is 11.0 Å². The van der Waals surface area contributed by atoms with Gasteiger partial charge in [0.15, 0.2) is 5.03 Å². The van der Waals surface area contributed by atoms with Crippen molar-refractivity contribution in [1.82, 2.24) is 10.2 Å². The number of anilines is 1. The Kier molecular flexibility index (Phi) is 4.60. The van der Waals surface area contributed by atoms with E-state index in [1.54, 1.807) is 6.07 Å². The highest BCUT2D eigenvalue weighted by molar-refractivity contribution is 9.09. The van der Waals surface area contributed by atoms with Crippen LogP contribution in [-0.2, 0) is 16.4 Å². The van der Waals surface area contributed by atoms with Crippen LogP contribution in [0.2, 0.25) is 0 Å². The number of aromatic nitrogens is 2. The van der Waals surface area contributed by atoms with Crippen LogP contribution in [0.15, 0.2) is 41.6 Å². The van der Waals surface area contributed by atoms with Crippen LogP contribution in [0, 0.1) is 0 Å². The van der Waals surface area contributed by atoms with Crippen LogP contribution in [0.3, 0.4) is 0 Å². The van der Waals surface area contributed by atoms with Gasteiger partial charge in [-0.05, 0) is 36.6 Å². The normalized spacial score (nSPS) is 11.4. The van der Waals surface area contributed by atoms with Gasteiger partial charge >= 0.3 is 0 Å². The third-order valence-electron chi connectivity index (χ3n) is 2.54. The molecule has 2 rings (SSSR count). The third-order valence-corrected chi connectivity index (χ3v) is 4.41. The summed E-state index contributed by atoms with van der Waals surface area (Å²) in [6, 6.07) is 8.81. The molecule has 0 bridgehead atoms. The lowest BCUT2D eigenvalue weighted by molar-refractivity contribution is 0.597. The van der Waals surface area contributed by atoms with Crippen molar-refractivity contribution in [3.8, 4) is 0 Å². The summed E-state index contributed by atoms with van der Waals surface area (Å²) in [6.07, 6.45) is 3.32. The number of halogens is 1. The van der Waals surface area contributed by atoms with E-state index in [1.165, 1.54) is 12.3 Å². The van der Waals surface area contributed by atoms with Gasteiger partial charge in [0.05, 0.1) is 6.20 Å². The monoisotopic (exact) mass is 343 g/mol. The molecule has 19 heavy (non-hydrogen) atoms. The van der Waals surface area contributed by atoms with Gasteiger partial charge in [-0.2, -0.15) is 13.5 Å². The first-order chi connectivity index (χ1) is 9.12. The van der Waals surface area contributed by atoms with Crippen LogP contribution in [0.1, 0.15) is 12.0 Å². The first-order valence-corrected chi connectivity index (χ1v) is 8.39. The molecular weight excluding hydrogens is 330 g/mol. The highest BCUT2D eigenvalue weighted by atomic mass is 79.9. The van der Waals surface area contributed by atoms with Crippen molar-refractivity contribution >= 4 is 31.6 Å². The molecule has 0 atom stereocenters. The molecule has 5 nitrogen and oxygen atoms in total. The van der Waals surface area contributed by atoms with Gasteiger partial charge in [0.25, 0.3) is 10.0 Å². The first kappa shape index (κ1) is 14.1. The van der Waals surface area contributed by atoms with Crippen molar-refractivity contribution in [2.75, 3.05) is 10.1 Å². The minimum atomic E-state index is -3.58. The maximum atomic E-state index is 12.0. The fourth-order valence-electron chi connectivity index (χ4n) is 1.66. The van der Waals surface area contributed by atoms with Gasteiger partial charge in [-0.25, -0.2) is 0 Å². The standard InChI is InChI=1S/C12H14BrN3O2S/c13-7-2-4-10-3-1-5-11(9-10)16-19(17,18)12-6-8-14-15-12/h1,3,5-6,8-9,16H,2,4,7H2,(H,14,15). The molecule has 2 N–H and O–H groups in total. The number of nitrogens with zero attached hydrogens (tertiary/aromatic N) is 1. The second-order valence-electron chi connectivity index (χ2n) is 4.02. The van der Waals surface area contributed by atoms with Gasteiger partial charge in [0.1, 0.15) is 0 Å². The summed E-state index contributed by atoms with van der Waals surface area (Å²) >= 11 is 3.38. The Balaban J connectivity index is 2.15. The highest BCUT2D eigenvalue weighted by Gasteiger charge is 2.15. The summed E-state index contributed by atoms with van der Waals surface area (Å²) in [7, 11) is -3.58. The van der Waals surface area contributed by atoms with E-state index < -0.39 is 10.0 Å². The SMILES string of the molecule is O=S(=O)(Nc1cccc(CCCBr)c1)c1ccn[nH]1. The van der Waals surface area contributed by atoms with E-state index in [-0.39, 0.29) is 5.03 Å². The van der Waals surface area contributed by atoms with Crippen molar-refractivity contribution in [3.05, 3.63) is 42.1 Å². The fraction of sp³-hybridized carbons (Fsp3) is 0.250. The Morgan fingerprint density at radius 3 is 2.84 bits per heavy atom. The summed E-state index contributed by atoms with van der Waals surface area (Å²) in [6.45, 7) is 0.